The summed E-state index contributed by atoms with van der Waals surface area (Å²) in [6.07, 6.45) is 3.05. The van der Waals surface area contributed by atoms with Gasteiger partial charge in [0, 0.05) is 32.6 Å². The molecule has 122 valence electrons. The average Bonchev–Trinajstić information content (AvgIpc) is 3.23. The van der Waals surface area contributed by atoms with Gasteiger partial charge in [0.25, 0.3) is 5.91 Å². The summed E-state index contributed by atoms with van der Waals surface area (Å²) in [5.41, 5.74) is 1.00. The van der Waals surface area contributed by atoms with Gasteiger partial charge in [-0.2, -0.15) is 5.10 Å². The number of fused-ring (bicyclic) bond motifs is 1. The standard InChI is InChI=1S/C16H20N4O2S/c1-11-5-9-23-14(11)15(21)18-6-4-13-17-20(10-12-2-3-12)16(22)19(13)8-7-18/h5,9,12H,2-4,6-8,10H2,1H3. The van der Waals surface area contributed by atoms with Gasteiger partial charge in [-0.25, -0.2) is 9.48 Å². The minimum absolute atomic E-state index is 0.0199. The van der Waals surface area contributed by atoms with Gasteiger partial charge >= 0.3 is 5.69 Å². The topological polar surface area (TPSA) is 60.1 Å². The van der Waals surface area contributed by atoms with Crippen molar-refractivity contribution in [2.24, 2.45) is 5.92 Å². The maximum atomic E-state index is 12.6. The Bertz CT molecular complexity index is 799. The van der Waals surface area contributed by atoms with Crippen LogP contribution in [-0.2, 0) is 19.5 Å². The number of aromatic nitrogens is 3. The first-order chi connectivity index (χ1) is 11.1. The third-order valence-electron chi connectivity index (χ3n) is 4.67. The Balaban J connectivity index is 1.52. The molecule has 0 unspecified atom stereocenters. The van der Waals surface area contributed by atoms with Crippen molar-refractivity contribution < 1.29 is 4.79 Å². The summed E-state index contributed by atoms with van der Waals surface area (Å²) in [6.45, 7) is 4.43. The normalized spacial score (nSPS) is 17.9. The lowest BCUT2D eigenvalue weighted by Crippen LogP contribution is -2.35. The lowest BCUT2D eigenvalue weighted by Gasteiger charge is -2.19. The molecule has 3 heterocycles. The summed E-state index contributed by atoms with van der Waals surface area (Å²) < 4.78 is 3.37. The fraction of sp³-hybridized carbons (Fsp3) is 0.562. The summed E-state index contributed by atoms with van der Waals surface area (Å²) in [4.78, 5) is 27.7. The molecule has 0 bridgehead atoms. The predicted molar refractivity (Wildman–Crippen MR) is 87.9 cm³/mol. The average molecular weight is 332 g/mol. The molecule has 2 aliphatic rings. The molecule has 23 heavy (non-hydrogen) atoms. The molecule has 1 aliphatic carbocycles. The van der Waals surface area contributed by atoms with Crippen molar-refractivity contribution in [3.05, 3.63) is 38.2 Å². The number of amides is 1. The van der Waals surface area contributed by atoms with Crippen molar-refractivity contribution in [2.45, 2.75) is 39.3 Å². The van der Waals surface area contributed by atoms with Crippen LogP contribution in [0.5, 0.6) is 0 Å². The zero-order chi connectivity index (χ0) is 16.0. The number of rotatable bonds is 3. The van der Waals surface area contributed by atoms with E-state index in [-0.39, 0.29) is 11.6 Å². The van der Waals surface area contributed by atoms with Crippen LogP contribution < -0.4 is 5.69 Å². The van der Waals surface area contributed by atoms with E-state index in [1.807, 2.05) is 23.3 Å². The minimum Gasteiger partial charge on any atom is -0.336 e. The number of carbonyl (C=O) groups excluding carboxylic acids is 1. The molecule has 0 saturated heterocycles. The van der Waals surface area contributed by atoms with Crippen LogP contribution in [0.2, 0.25) is 0 Å². The highest BCUT2D eigenvalue weighted by Gasteiger charge is 2.27. The number of hydrogen-bond acceptors (Lipinski definition) is 4. The van der Waals surface area contributed by atoms with Gasteiger partial charge in [0.05, 0.1) is 4.88 Å². The second kappa shape index (κ2) is 5.63. The molecular weight excluding hydrogens is 312 g/mol. The van der Waals surface area contributed by atoms with Crippen LogP contribution in [0.3, 0.4) is 0 Å². The second-order valence-electron chi connectivity index (χ2n) is 6.45. The fourth-order valence-electron chi connectivity index (χ4n) is 3.07. The first kappa shape index (κ1) is 14.7. The van der Waals surface area contributed by atoms with E-state index in [2.05, 4.69) is 5.10 Å². The van der Waals surface area contributed by atoms with E-state index in [0.717, 1.165) is 22.8 Å². The molecule has 0 aromatic carbocycles. The molecule has 4 rings (SSSR count). The van der Waals surface area contributed by atoms with E-state index >= 15 is 0 Å². The summed E-state index contributed by atoms with van der Waals surface area (Å²) in [5, 5.41) is 6.44. The maximum absolute atomic E-state index is 12.6. The van der Waals surface area contributed by atoms with Crippen LogP contribution in [0.4, 0.5) is 0 Å². The van der Waals surface area contributed by atoms with Gasteiger partial charge in [-0.15, -0.1) is 11.3 Å². The molecule has 1 aliphatic heterocycles. The van der Waals surface area contributed by atoms with Gasteiger partial charge in [0.2, 0.25) is 0 Å². The molecule has 1 amide bonds. The van der Waals surface area contributed by atoms with Gasteiger partial charge in [0.15, 0.2) is 0 Å². The zero-order valence-corrected chi connectivity index (χ0v) is 14.0. The Morgan fingerprint density at radius 1 is 1.35 bits per heavy atom. The van der Waals surface area contributed by atoms with Crippen molar-refractivity contribution in [1.82, 2.24) is 19.2 Å². The molecular formula is C16H20N4O2S. The van der Waals surface area contributed by atoms with Gasteiger partial charge < -0.3 is 4.90 Å². The van der Waals surface area contributed by atoms with E-state index in [1.54, 1.807) is 9.25 Å². The highest BCUT2D eigenvalue weighted by molar-refractivity contribution is 7.12. The molecule has 6 nitrogen and oxygen atoms in total. The second-order valence-corrected chi connectivity index (χ2v) is 7.37. The molecule has 0 atom stereocenters. The van der Waals surface area contributed by atoms with Gasteiger partial charge in [-0.05, 0) is 42.7 Å². The first-order valence-electron chi connectivity index (χ1n) is 8.13. The third kappa shape index (κ3) is 2.73. The van der Waals surface area contributed by atoms with Crippen molar-refractivity contribution >= 4 is 17.2 Å². The molecule has 0 N–H and O–H groups in total. The highest BCUT2D eigenvalue weighted by atomic mass is 32.1. The van der Waals surface area contributed by atoms with Crippen molar-refractivity contribution in [3.63, 3.8) is 0 Å². The lowest BCUT2D eigenvalue weighted by molar-refractivity contribution is 0.0762. The SMILES string of the molecule is Cc1ccsc1C(=O)N1CCc2nn(CC3CC3)c(=O)n2CC1. The van der Waals surface area contributed by atoms with E-state index in [4.69, 9.17) is 0 Å². The van der Waals surface area contributed by atoms with Gasteiger partial charge in [-0.1, -0.05) is 0 Å². The third-order valence-corrected chi connectivity index (χ3v) is 5.67. The van der Waals surface area contributed by atoms with Crippen LogP contribution in [0.1, 0.15) is 33.9 Å². The number of nitrogens with zero attached hydrogens (tertiary/aromatic N) is 4. The van der Waals surface area contributed by atoms with E-state index in [9.17, 15) is 9.59 Å². The largest absolute Gasteiger partial charge is 0.345 e. The Kier molecular flexibility index (Phi) is 3.60. The first-order valence-corrected chi connectivity index (χ1v) is 9.01. The van der Waals surface area contributed by atoms with Crippen molar-refractivity contribution in [3.8, 4) is 0 Å². The minimum atomic E-state index is -0.0199. The Hall–Kier alpha value is -1.89. The molecule has 0 radical (unpaired) electrons. The quantitative estimate of drug-likeness (QED) is 0.856. The van der Waals surface area contributed by atoms with Crippen molar-refractivity contribution in [2.75, 3.05) is 13.1 Å². The maximum Gasteiger partial charge on any atom is 0.345 e. The smallest absolute Gasteiger partial charge is 0.336 e. The summed E-state index contributed by atoms with van der Waals surface area (Å²) in [7, 11) is 0. The van der Waals surface area contributed by atoms with Crippen LogP contribution in [0.25, 0.3) is 0 Å². The Morgan fingerprint density at radius 3 is 2.87 bits per heavy atom. The van der Waals surface area contributed by atoms with E-state index < -0.39 is 0 Å². The van der Waals surface area contributed by atoms with E-state index in [0.29, 0.717) is 32.0 Å². The molecule has 1 fully saturated rings. The molecule has 2 aromatic rings. The fourth-order valence-corrected chi connectivity index (χ4v) is 3.96. The monoisotopic (exact) mass is 332 g/mol. The van der Waals surface area contributed by atoms with Gasteiger partial charge in [-0.3, -0.25) is 9.36 Å². The lowest BCUT2D eigenvalue weighted by atomic mass is 10.2. The summed E-state index contributed by atoms with van der Waals surface area (Å²) in [6, 6.07) is 1.97. The molecule has 0 spiro atoms. The molecule has 2 aromatic heterocycles. The van der Waals surface area contributed by atoms with Crippen LogP contribution in [-0.4, -0.2) is 38.2 Å². The predicted octanol–water partition coefficient (Wildman–Crippen LogP) is 1.52. The van der Waals surface area contributed by atoms with E-state index in [1.165, 1.54) is 24.2 Å². The molecule has 7 heteroatoms. The summed E-state index contributed by atoms with van der Waals surface area (Å²) >= 11 is 1.48. The summed E-state index contributed by atoms with van der Waals surface area (Å²) in [5.74, 6) is 1.52. The number of thiophene rings is 1. The zero-order valence-electron chi connectivity index (χ0n) is 13.2. The number of aryl methyl sites for hydroxylation is 1. The van der Waals surface area contributed by atoms with Crippen molar-refractivity contribution in [1.29, 1.82) is 0 Å². The highest BCUT2D eigenvalue weighted by Crippen LogP contribution is 2.29. The molecule has 1 saturated carbocycles. The Morgan fingerprint density at radius 2 is 2.17 bits per heavy atom. The number of carbonyl (C=O) groups is 1. The number of hydrogen-bond donors (Lipinski definition) is 0. The van der Waals surface area contributed by atoms with Crippen LogP contribution in [0, 0.1) is 12.8 Å². The Labute approximate surface area is 138 Å². The van der Waals surface area contributed by atoms with Crippen LogP contribution >= 0.6 is 11.3 Å². The van der Waals surface area contributed by atoms with Gasteiger partial charge in [0.1, 0.15) is 5.82 Å². The van der Waals surface area contributed by atoms with Crippen LogP contribution in [0.15, 0.2) is 16.2 Å².